The van der Waals surface area contributed by atoms with Crippen molar-refractivity contribution in [3.63, 3.8) is 0 Å². The van der Waals surface area contributed by atoms with E-state index in [-0.39, 0.29) is 5.60 Å². The zero-order valence-corrected chi connectivity index (χ0v) is 14.1. The molecule has 0 spiro atoms. The average molecular weight is 361 g/mol. The zero-order chi connectivity index (χ0) is 11.9. The van der Waals surface area contributed by atoms with Crippen LogP contribution in [0.25, 0.3) is 0 Å². The van der Waals surface area contributed by atoms with Crippen molar-refractivity contribution in [1.29, 1.82) is 0 Å². The van der Waals surface area contributed by atoms with E-state index in [1.165, 1.54) is 0 Å². The first-order valence-corrected chi connectivity index (χ1v) is 10.5. The van der Waals surface area contributed by atoms with Crippen molar-refractivity contribution in [3.8, 4) is 0 Å². The summed E-state index contributed by atoms with van der Waals surface area (Å²) in [5, 5.41) is 0. The highest BCUT2D eigenvalue weighted by atomic mass is 127. The summed E-state index contributed by atoms with van der Waals surface area (Å²) in [6.07, 6.45) is 5.23. The Labute approximate surface area is 114 Å². The smallest absolute Gasteiger partial charge is 0.184 e. The molecule has 0 heterocycles. The van der Waals surface area contributed by atoms with Crippen LogP contribution in [0.3, 0.4) is 0 Å². The highest BCUT2D eigenvalue weighted by Gasteiger charge is 2.29. The third-order valence-corrected chi connectivity index (χ3v) is 3.91. The minimum Gasteiger partial charge on any atom is -0.412 e. The molecule has 0 aromatic rings. The summed E-state index contributed by atoms with van der Waals surface area (Å²) in [6, 6.07) is 0. The van der Waals surface area contributed by atoms with E-state index in [0.717, 1.165) is 25.1 Å². The van der Waals surface area contributed by atoms with Gasteiger partial charge in [0.05, 0.1) is 5.60 Å². The molecule has 0 saturated carbocycles. The van der Waals surface area contributed by atoms with E-state index >= 15 is 0 Å². The van der Waals surface area contributed by atoms with Crippen LogP contribution in [0.4, 0.5) is 0 Å². The van der Waals surface area contributed by atoms with Gasteiger partial charge in [0, 0.05) is 5.88 Å². The van der Waals surface area contributed by atoms with Crippen LogP contribution in [0.5, 0.6) is 0 Å². The van der Waals surface area contributed by atoms with E-state index in [1.54, 1.807) is 0 Å². The molecule has 0 rings (SSSR count). The number of hydrogen-bond acceptors (Lipinski definition) is 1. The highest BCUT2D eigenvalue weighted by molar-refractivity contribution is 14.1. The predicted molar refractivity (Wildman–Crippen MR) is 80.6 cm³/mol. The van der Waals surface area contributed by atoms with Gasteiger partial charge in [-0.1, -0.05) is 28.7 Å². The van der Waals surface area contributed by atoms with E-state index in [2.05, 4.69) is 59.3 Å². The lowest BCUT2D eigenvalue weighted by atomic mass is 9.97. The molecule has 15 heavy (non-hydrogen) atoms. The Bertz CT molecular complexity index is 203. The second kappa shape index (κ2) is 7.30. The van der Waals surface area contributed by atoms with Crippen LogP contribution in [0.1, 0.15) is 26.2 Å². The van der Waals surface area contributed by atoms with Gasteiger partial charge in [-0.05, 0) is 49.9 Å². The first kappa shape index (κ1) is 15.9. The van der Waals surface area contributed by atoms with Crippen LogP contribution in [0.2, 0.25) is 19.6 Å². The summed E-state index contributed by atoms with van der Waals surface area (Å²) in [4.78, 5) is 0. The van der Waals surface area contributed by atoms with Crippen LogP contribution in [-0.4, -0.2) is 19.8 Å². The molecule has 1 unspecified atom stereocenters. The molecule has 0 fully saturated rings. The van der Waals surface area contributed by atoms with Crippen LogP contribution in [0.15, 0.2) is 10.2 Å². The standard InChI is InChI=1S/C11H22ClIOSi/c1-11(7-5-9-12,8-6-10-13)14-15(2,3)4/h6,10H,5,7-9H2,1-4H3. The summed E-state index contributed by atoms with van der Waals surface area (Å²) in [6.45, 7) is 8.91. The first-order valence-electron chi connectivity index (χ1n) is 5.34. The largest absolute Gasteiger partial charge is 0.412 e. The molecule has 90 valence electrons. The maximum Gasteiger partial charge on any atom is 0.184 e. The fourth-order valence-corrected chi connectivity index (χ4v) is 3.72. The normalized spacial score (nSPS) is 16.9. The monoisotopic (exact) mass is 360 g/mol. The Balaban J connectivity index is 4.39. The molecule has 0 aliphatic carbocycles. The van der Waals surface area contributed by atoms with Crippen molar-refractivity contribution in [1.82, 2.24) is 0 Å². The van der Waals surface area contributed by atoms with Gasteiger partial charge in [0.1, 0.15) is 0 Å². The minimum atomic E-state index is -1.47. The number of alkyl halides is 1. The van der Waals surface area contributed by atoms with Gasteiger partial charge in [-0.3, -0.25) is 0 Å². The van der Waals surface area contributed by atoms with Crippen molar-refractivity contribution < 1.29 is 4.43 Å². The van der Waals surface area contributed by atoms with Gasteiger partial charge in [-0.25, -0.2) is 0 Å². The molecule has 0 aromatic carbocycles. The quantitative estimate of drug-likeness (QED) is 0.354. The van der Waals surface area contributed by atoms with Crippen LogP contribution >= 0.6 is 34.2 Å². The third-order valence-electron chi connectivity index (χ3n) is 2.03. The Kier molecular flexibility index (Phi) is 7.76. The SMILES string of the molecule is CC(CC=CI)(CCCCl)O[Si](C)(C)C. The lowest BCUT2D eigenvalue weighted by Crippen LogP contribution is -2.40. The van der Waals surface area contributed by atoms with E-state index in [4.69, 9.17) is 16.0 Å². The fourth-order valence-electron chi connectivity index (χ4n) is 1.67. The Morgan fingerprint density at radius 1 is 1.40 bits per heavy atom. The summed E-state index contributed by atoms with van der Waals surface area (Å²) in [5.41, 5.74) is -0.0268. The zero-order valence-electron chi connectivity index (χ0n) is 10.1. The number of hydrogen-bond donors (Lipinski definition) is 0. The Morgan fingerprint density at radius 2 is 2.00 bits per heavy atom. The van der Waals surface area contributed by atoms with Crippen LogP contribution in [-0.2, 0) is 4.43 Å². The maximum absolute atomic E-state index is 6.26. The maximum atomic E-state index is 6.26. The van der Waals surface area contributed by atoms with Crippen LogP contribution in [0, 0.1) is 0 Å². The van der Waals surface area contributed by atoms with E-state index in [1.807, 2.05) is 0 Å². The van der Waals surface area contributed by atoms with E-state index < -0.39 is 8.32 Å². The van der Waals surface area contributed by atoms with Crippen LogP contribution < -0.4 is 0 Å². The molecule has 0 N–H and O–H groups in total. The second-order valence-electron chi connectivity index (χ2n) is 5.02. The number of halogens is 2. The van der Waals surface area contributed by atoms with E-state index in [0.29, 0.717) is 0 Å². The molecule has 0 saturated heterocycles. The lowest BCUT2D eigenvalue weighted by Gasteiger charge is -2.35. The van der Waals surface area contributed by atoms with Gasteiger partial charge >= 0.3 is 0 Å². The first-order chi connectivity index (χ1) is 6.83. The predicted octanol–water partition coefficient (Wildman–Crippen LogP) is 4.95. The molecule has 0 aliphatic heterocycles. The summed E-state index contributed by atoms with van der Waals surface area (Å²) >= 11 is 8.00. The molecule has 0 bridgehead atoms. The van der Waals surface area contributed by atoms with Crippen molar-refractivity contribution in [2.75, 3.05) is 5.88 Å². The van der Waals surface area contributed by atoms with Gasteiger partial charge in [0.2, 0.25) is 0 Å². The molecule has 0 radical (unpaired) electrons. The van der Waals surface area contributed by atoms with Gasteiger partial charge in [0.25, 0.3) is 0 Å². The molecule has 0 aromatic heterocycles. The van der Waals surface area contributed by atoms with Gasteiger partial charge in [0.15, 0.2) is 8.32 Å². The molecule has 1 nitrogen and oxygen atoms in total. The van der Waals surface area contributed by atoms with Crippen molar-refractivity contribution in [2.45, 2.75) is 51.4 Å². The molecule has 0 aliphatic rings. The fraction of sp³-hybridized carbons (Fsp3) is 0.818. The van der Waals surface area contributed by atoms with Crippen molar-refractivity contribution >= 4 is 42.5 Å². The van der Waals surface area contributed by atoms with Gasteiger partial charge in [-0.2, -0.15) is 0 Å². The molecule has 0 amide bonds. The lowest BCUT2D eigenvalue weighted by molar-refractivity contribution is 0.0736. The molecule has 4 heteroatoms. The minimum absolute atomic E-state index is 0.0268. The molecular formula is C11H22ClIOSi. The number of rotatable bonds is 7. The highest BCUT2D eigenvalue weighted by Crippen LogP contribution is 2.27. The van der Waals surface area contributed by atoms with Crippen molar-refractivity contribution in [3.05, 3.63) is 10.2 Å². The average Bonchev–Trinajstić information content (AvgIpc) is 2.09. The Hall–Kier alpha value is 0.937. The summed E-state index contributed by atoms with van der Waals surface area (Å²) in [7, 11) is -1.47. The summed E-state index contributed by atoms with van der Waals surface area (Å²) < 4.78 is 8.31. The van der Waals surface area contributed by atoms with Gasteiger partial charge < -0.3 is 4.43 Å². The topological polar surface area (TPSA) is 9.23 Å². The molecular weight excluding hydrogens is 339 g/mol. The van der Waals surface area contributed by atoms with Crippen molar-refractivity contribution in [2.24, 2.45) is 0 Å². The van der Waals surface area contributed by atoms with Gasteiger partial charge in [-0.15, -0.1) is 11.6 Å². The third kappa shape index (κ3) is 8.71. The Morgan fingerprint density at radius 3 is 2.40 bits per heavy atom. The summed E-state index contributed by atoms with van der Waals surface area (Å²) in [5.74, 6) is 0.721. The molecule has 1 atom stereocenters. The van der Waals surface area contributed by atoms with E-state index in [9.17, 15) is 0 Å². The second-order valence-corrected chi connectivity index (χ2v) is 10.5.